The zero-order valence-electron chi connectivity index (χ0n) is 17.2. The van der Waals surface area contributed by atoms with Crippen molar-refractivity contribution in [2.24, 2.45) is 0 Å². The van der Waals surface area contributed by atoms with Crippen LogP contribution in [0, 0.1) is 13.8 Å². The summed E-state index contributed by atoms with van der Waals surface area (Å²) in [6.45, 7) is 3.64. The van der Waals surface area contributed by atoms with E-state index in [1.54, 1.807) is 31.2 Å². The van der Waals surface area contributed by atoms with Crippen molar-refractivity contribution in [3.8, 4) is 5.75 Å². The minimum Gasteiger partial charge on any atom is -0.425 e. The number of hydrogen-bond acceptors (Lipinski definition) is 6. The summed E-state index contributed by atoms with van der Waals surface area (Å²) in [6, 6.07) is 12.9. The second kappa shape index (κ2) is 8.60. The standard InChI is InChI=1S/C23H26O4S3/c1-16-5-6-17(2)20(15-16)30(25,26)23(11-3-4-12-23)22(24)27-19-9-7-18(8-10-19)21-28-13-14-29-21/h5-10,15,21H,3-4,11-14H2,1-2H3. The molecule has 4 rings (SSSR count). The van der Waals surface area contributed by atoms with E-state index in [4.69, 9.17) is 4.74 Å². The van der Waals surface area contributed by atoms with Gasteiger partial charge in [0.25, 0.3) is 0 Å². The van der Waals surface area contributed by atoms with Crippen molar-refractivity contribution in [3.05, 3.63) is 59.2 Å². The second-order valence-electron chi connectivity index (χ2n) is 8.01. The Bertz CT molecular complexity index is 1030. The highest BCUT2D eigenvalue weighted by Gasteiger charge is 2.55. The van der Waals surface area contributed by atoms with E-state index in [0.29, 0.717) is 41.6 Å². The Morgan fingerprint density at radius 3 is 2.27 bits per heavy atom. The maximum absolute atomic E-state index is 13.7. The van der Waals surface area contributed by atoms with E-state index in [0.717, 1.165) is 17.1 Å². The molecular weight excluding hydrogens is 436 g/mol. The molecule has 2 aromatic carbocycles. The van der Waals surface area contributed by atoms with Crippen LogP contribution in [0.25, 0.3) is 0 Å². The van der Waals surface area contributed by atoms with Gasteiger partial charge >= 0.3 is 5.97 Å². The molecule has 0 bridgehead atoms. The van der Waals surface area contributed by atoms with Gasteiger partial charge in [0.05, 0.1) is 9.48 Å². The molecule has 1 aliphatic heterocycles. The molecule has 0 amide bonds. The zero-order chi connectivity index (χ0) is 21.4. The van der Waals surface area contributed by atoms with E-state index in [1.807, 2.05) is 48.6 Å². The lowest BCUT2D eigenvalue weighted by molar-refractivity contribution is -0.137. The van der Waals surface area contributed by atoms with Crippen molar-refractivity contribution in [2.45, 2.75) is 53.8 Å². The van der Waals surface area contributed by atoms with Crippen LogP contribution in [0.15, 0.2) is 47.4 Å². The van der Waals surface area contributed by atoms with Crippen LogP contribution >= 0.6 is 23.5 Å². The van der Waals surface area contributed by atoms with Gasteiger partial charge in [-0.25, -0.2) is 13.2 Å². The fourth-order valence-corrected chi connectivity index (χ4v) is 9.38. The number of carbonyl (C=O) groups excluding carboxylic acids is 1. The van der Waals surface area contributed by atoms with Gasteiger partial charge in [0.1, 0.15) is 5.75 Å². The summed E-state index contributed by atoms with van der Waals surface area (Å²) < 4.78 is 31.9. The molecule has 0 spiro atoms. The van der Waals surface area contributed by atoms with E-state index < -0.39 is 20.6 Å². The largest absolute Gasteiger partial charge is 0.425 e. The van der Waals surface area contributed by atoms with Crippen LogP contribution in [-0.2, 0) is 14.6 Å². The second-order valence-corrected chi connectivity index (χ2v) is 13.0. The molecule has 1 saturated heterocycles. The van der Waals surface area contributed by atoms with Gasteiger partial charge < -0.3 is 4.74 Å². The molecule has 0 radical (unpaired) electrons. The lowest BCUT2D eigenvalue weighted by atomic mass is 10.1. The average Bonchev–Trinajstić information content (AvgIpc) is 3.43. The molecule has 2 fully saturated rings. The number of esters is 1. The Labute approximate surface area is 187 Å². The van der Waals surface area contributed by atoms with Crippen molar-refractivity contribution in [2.75, 3.05) is 11.5 Å². The van der Waals surface area contributed by atoms with Crippen molar-refractivity contribution in [1.29, 1.82) is 0 Å². The van der Waals surface area contributed by atoms with Gasteiger partial charge in [-0.1, -0.05) is 37.1 Å². The quantitative estimate of drug-likeness (QED) is 0.433. The first-order chi connectivity index (χ1) is 14.3. The fourth-order valence-electron chi connectivity index (χ4n) is 4.18. The number of aryl methyl sites for hydroxylation is 2. The van der Waals surface area contributed by atoms with E-state index in [2.05, 4.69) is 0 Å². The Hall–Kier alpha value is -1.44. The van der Waals surface area contributed by atoms with Crippen LogP contribution in [0.3, 0.4) is 0 Å². The predicted octanol–water partition coefficient (Wildman–Crippen LogP) is 5.47. The number of sulfone groups is 1. The summed E-state index contributed by atoms with van der Waals surface area (Å²) in [4.78, 5) is 13.5. The number of benzene rings is 2. The molecule has 4 nitrogen and oxygen atoms in total. The van der Waals surface area contributed by atoms with Gasteiger partial charge in [-0.05, 0) is 61.6 Å². The molecule has 160 valence electrons. The minimum absolute atomic E-state index is 0.243. The molecule has 30 heavy (non-hydrogen) atoms. The van der Waals surface area contributed by atoms with Gasteiger partial charge in [-0.15, -0.1) is 23.5 Å². The lowest BCUT2D eigenvalue weighted by Crippen LogP contribution is -2.46. The smallest absolute Gasteiger partial charge is 0.333 e. The molecule has 7 heteroatoms. The number of ether oxygens (including phenoxy) is 1. The van der Waals surface area contributed by atoms with E-state index >= 15 is 0 Å². The number of rotatable bonds is 5. The van der Waals surface area contributed by atoms with Crippen molar-refractivity contribution < 1.29 is 17.9 Å². The van der Waals surface area contributed by atoms with E-state index in [9.17, 15) is 13.2 Å². The van der Waals surface area contributed by atoms with E-state index in [1.165, 1.54) is 5.56 Å². The third kappa shape index (κ3) is 3.92. The average molecular weight is 463 g/mol. The molecule has 1 saturated carbocycles. The van der Waals surface area contributed by atoms with Crippen molar-refractivity contribution in [3.63, 3.8) is 0 Å². The SMILES string of the molecule is Cc1ccc(C)c(S(=O)(=O)C2(C(=O)Oc3ccc(C4SCCS4)cc3)CCCC2)c1. The molecule has 1 heterocycles. The molecule has 0 atom stereocenters. The van der Waals surface area contributed by atoms with E-state index in [-0.39, 0.29) is 4.90 Å². The Morgan fingerprint density at radius 1 is 1.00 bits per heavy atom. The van der Waals surface area contributed by atoms with Crippen molar-refractivity contribution in [1.82, 2.24) is 0 Å². The molecule has 2 aromatic rings. The predicted molar refractivity (Wildman–Crippen MR) is 124 cm³/mol. The van der Waals surface area contributed by atoms with Crippen LogP contribution in [-0.4, -0.2) is 30.6 Å². The highest BCUT2D eigenvalue weighted by atomic mass is 32.2. The van der Waals surface area contributed by atoms with Crippen LogP contribution in [0.2, 0.25) is 0 Å². The van der Waals surface area contributed by atoms with Gasteiger partial charge in [-0.3, -0.25) is 0 Å². The van der Waals surface area contributed by atoms with Crippen molar-refractivity contribution >= 4 is 39.3 Å². The van der Waals surface area contributed by atoms with Gasteiger partial charge in [0, 0.05) is 11.5 Å². The third-order valence-corrected chi connectivity index (χ3v) is 11.6. The molecule has 0 aromatic heterocycles. The highest BCUT2D eigenvalue weighted by molar-refractivity contribution is 8.19. The molecular formula is C23H26O4S3. The monoisotopic (exact) mass is 462 g/mol. The molecule has 1 aliphatic carbocycles. The number of hydrogen-bond donors (Lipinski definition) is 0. The Balaban J connectivity index is 1.62. The summed E-state index contributed by atoms with van der Waals surface area (Å²) in [5.74, 6) is 2.04. The summed E-state index contributed by atoms with van der Waals surface area (Å²) in [5, 5.41) is 0. The van der Waals surface area contributed by atoms with Gasteiger partial charge in [0.2, 0.25) is 0 Å². The Morgan fingerprint density at radius 2 is 1.63 bits per heavy atom. The maximum atomic E-state index is 13.7. The first-order valence-electron chi connectivity index (χ1n) is 10.2. The normalized spacial score (nSPS) is 19.1. The van der Waals surface area contributed by atoms with Crippen LogP contribution < -0.4 is 4.74 Å². The van der Waals surface area contributed by atoms with Crippen LogP contribution in [0.1, 0.15) is 47.0 Å². The topological polar surface area (TPSA) is 60.4 Å². The lowest BCUT2D eigenvalue weighted by Gasteiger charge is -2.27. The first kappa shape index (κ1) is 21.8. The molecule has 0 N–H and O–H groups in total. The number of carbonyl (C=O) groups is 1. The molecule has 0 unspecified atom stereocenters. The number of thioether (sulfide) groups is 2. The van der Waals surface area contributed by atoms with Crippen LogP contribution in [0.4, 0.5) is 0 Å². The summed E-state index contributed by atoms with van der Waals surface area (Å²) >= 11 is 3.83. The highest BCUT2D eigenvalue weighted by Crippen LogP contribution is 2.46. The minimum atomic E-state index is -3.88. The van der Waals surface area contributed by atoms with Crippen LogP contribution in [0.5, 0.6) is 5.75 Å². The first-order valence-corrected chi connectivity index (χ1v) is 13.8. The Kier molecular flexibility index (Phi) is 6.24. The summed E-state index contributed by atoms with van der Waals surface area (Å²) in [7, 11) is -3.88. The maximum Gasteiger partial charge on any atom is 0.333 e. The fraction of sp³-hybridized carbons (Fsp3) is 0.435. The molecule has 2 aliphatic rings. The summed E-state index contributed by atoms with van der Waals surface area (Å²) in [6.07, 6.45) is 2.01. The third-order valence-electron chi connectivity index (χ3n) is 5.92. The van der Waals surface area contributed by atoms with Gasteiger partial charge in [-0.2, -0.15) is 0 Å². The van der Waals surface area contributed by atoms with Gasteiger partial charge in [0.15, 0.2) is 14.6 Å². The summed E-state index contributed by atoms with van der Waals surface area (Å²) in [5.41, 5.74) is 2.72. The zero-order valence-corrected chi connectivity index (χ0v) is 19.7.